The smallest absolute Gasteiger partial charge is 0.272 e. The maximum absolute atomic E-state index is 12.6. The van der Waals surface area contributed by atoms with Crippen LogP contribution in [0.4, 0.5) is 0 Å². The second-order valence-electron chi connectivity index (χ2n) is 6.93. The molecule has 7 heteroatoms. The summed E-state index contributed by atoms with van der Waals surface area (Å²) in [4.78, 5) is 17.2. The average Bonchev–Trinajstić information content (AvgIpc) is 3.24. The van der Waals surface area contributed by atoms with E-state index in [0.29, 0.717) is 26.6 Å². The average molecular weight is 476 g/mol. The van der Waals surface area contributed by atoms with Gasteiger partial charge in [-0.15, -0.1) is 0 Å². The first-order chi connectivity index (χ1) is 14.1. The summed E-state index contributed by atoms with van der Waals surface area (Å²) in [5.41, 5.74) is 1.72. The number of hydrogen-bond acceptors (Lipinski definition) is 4. The predicted molar refractivity (Wildman–Crippen MR) is 119 cm³/mol. The second-order valence-corrected chi connectivity index (χ2v) is 8.16. The van der Waals surface area contributed by atoms with Crippen molar-refractivity contribution in [3.05, 3.63) is 67.6 Å². The standard InChI is InChI=1S/C22H20BrClN2O3/c1-28-18-8-4-5-14(21(18)29-16-6-2-3-7-16)9-11-17-20(23)22(27)26-13-15(24)10-12-19(26)25-17/h4-5,8-13,16H,2-3,6-7H2,1H3/b11-9+. The number of ether oxygens (including phenoxy) is 2. The van der Waals surface area contributed by atoms with Crippen molar-refractivity contribution in [2.75, 3.05) is 7.11 Å². The molecule has 4 rings (SSSR count). The summed E-state index contributed by atoms with van der Waals surface area (Å²) in [6, 6.07) is 9.20. The Kier molecular flexibility index (Phi) is 5.92. The second kappa shape index (κ2) is 8.59. The number of benzene rings is 1. The molecule has 2 aromatic heterocycles. The third-order valence-electron chi connectivity index (χ3n) is 4.99. The van der Waals surface area contributed by atoms with E-state index < -0.39 is 0 Å². The topological polar surface area (TPSA) is 52.8 Å². The third kappa shape index (κ3) is 4.19. The molecule has 2 heterocycles. The molecule has 0 N–H and O–H groups in total. The normalized spacial score (nSPS) is 14.7. The zero-order chi connectivity index (χ0) is 20.4. The van der Waals surface area contributed by atoms with Gasteiger partial charge in [0.1, 0.15) is 10.1 Å². The van der Waals surface area contributed by atoms with Gasteiger partial charge in [0.25, 0.3) is 5.56 Å². The van der Waals surface area contributed by atoms with Crippen LogP contribution in [0.2, 0.25) is 5.02 Å². The summed E-state index contributed by atoms with van der Waals surface area (Å²) < 4.78 is 13.6. The summed E-state index contributed by atoms with van der Waals surface area (Å²) in [5, 5.41) is 0.474. The number of nitrogens with zero attached hydrogens (tertiary/aromatic N) is 2. The fourth-order valence-corrected chi connectivity index (χ4v) is 4.08. The van der Waals surface area contributed by atoms with E-state index in [4.69, 9.17) is 21.1 Å². The van der Waals surface area contributed by atoms with E-state index in [0.717, 1.165) is 24.2 Å². The highest BCUT2D eigenvalue weighted by Gasteiger charge is 2.20. The fourth-order valence-electron chi connectivity index (χ4n) is 3.51. The molecule has 0 unspecified atom stereocenters. The summed E-state index contributed by atoms with van der Waals surface area (Å²) in [7, 11) is 1.64. The molecule has 29 heavy (non-hydrogen) atoms. The Labute approximate surface area is 182 Å². The molecule has 1 aromatic carbocycles. The van der Waals surface area contributed by atoms with Crippen LogP contribution in [0.3, 0.4) is 0 Å². The molecule has 0 aliphatic heterocycles. The number of fused-ring (bicyclic) bond motifs is 1. The maximum atomic E-state index is 12.6. The Morgan fingerprint density at radius 1 is 1.21 bits per heavy atom. The molecule has 0 bridgehead atoms. The van der Waals surface area contributed by atoms with E-state index in [9.17, 15) is 4.79 Å². The predicted octanol–water partition coefficient (Wildman–Crippen LogP) is 5.61. The monoisotopic (exact) mass is 474 g/mol. The Morgan fingerprint density at radius 2 is 2.00 bits per heavy atom. The van der Waals surface area contributed by atoms with Crippen molar-refractivity contribution in [2.45, 2.75) is 31.8 Å². The van der Waals surface area contributed by atoms with Crippen LogP contribution in [0.5, 0.6) is 11.5 Å². The third-order valence-corrected chi connectivity index (χ3v) is 5.96. The first-order valence-electron chi connectivity index (χ1n) is 9.46. The van der Waals surface area contributed by atoms with Crippen molar-refractivity contribution >= 4 is 45.3 Å². The molecule has 5 nitrogen and oxygen atoms in total. The molecule has 150 valence electrons. The summed E-state index contributed by atoms with van der Waals surface area (Å²) in [5.74, 6) is 1.41. The highest BCUT2D eigenvalue weighted by Crippen LogP contribution is 2.36. The van der Waals surface area contributed by atoms with Gasteiger partial charge in [0.05, 0.1) is 23.9 Å². The van der Waals surface area contributed by atoms with E-state index in [1.165, 1.54) is 17.2 Å². The first-order valence-corrected chi connectivity index (χ1v) is 10.6. The fraction of sp³-hybridized carbons (Fsp3) is 0.273. The Hall–Kier alpha value is -2.31. The molecule has 0 saturated heterocycles. The van der Waals surface area contributed by atoms with Gasteiger partial charge in [-0.05, 0) is 72.0 Å². The quantitative estimate of drug-likeness (QED) is 0.481. The van der Waals surface area contributed by atoms with Crippen molar-refractivity contribution in [3.63, 3.8) is 0 Å². The Balaban J connectivity index is 1.73. The van der Waals surface area contributed by atoms with Crippen LogP contribution in [0, 0.1) is 0 Å². The van der Waals surface area contributed by atoms with Crippen LogP contribution in [0.1, 0.15) is 36.9 Å². The van der Waals surface area contributed by atoms with Crippen molar-refractivity contribution < 1.29 is 9.47 Å². The van der Waals surface area contributed by atoms with Crippen molar-refractivity contribution in [2.24, 2.45) is 0 Å². The van der Waals surface area contributed by atoms with Gasteiger partial charge in [0, 0.05) is 11.8 Å². The molecule has 0 spiro atoms. The number of aromatic nitrogens is 2. The molecule has 3 aromatic rings. The van der Waals surface area contributed by atoms with Crippen molar-refractivity contribution in [1.82, 2.24) is 9.38 Å². The minimum absolute atomic E-state index is 0.207. The lowest BCUT2D eigenvalue weighted by Gasteiger charge is -2.18. The van der Waals surface area contributed by atoms with E-state index in [1.54, 1.807) is 31.5 Å². The van der Waals surface area contributed by atoms with Gasteiger partial charge in [-0.25, -0.2) is 4.98 Å². The highest BCUT2D eigenvalue weighted by atomic mass is 79.9. The Bertz CT molecular complexity index is 1140. The maximum Gasteiger partial charge on any atom is 0.272 e. The Morgan fingerprint density at radius 3 is 2.76 bits per heavy atom. The minimum atomic E-state index is -0.217. The SMILES string of the molecule is COc1cccc(/C=C/c2nc3ccc(Cl)cn3c(=O)c2Br)c1OC1CCCC1. The van der Waals surface area contributed by atoms with Gasteiger partial charge in [0.2, 0.25) is 0 Å². The zero-order valence-corrected chi connectivity index (χ0v) is 18.2. The van der Waals surface area contributed by atoms with Gasteiger partial charge < -0.3 is 9.47 Å². The number of halogens is 2. The van der Waals surface area contributed by atoms with Gasteiger partial charge in [-0.2, -0.15) is 0 Å². The molecule has 0 atom stereocenters. The largest absolute Gasteiger partial charge is 0.493 e. The molecule has 1 aliphatic carbocycles. The molecule has 0 amide bonds. The van der Waals surface area contributed by atoms with Crippen LogP contribution in [-0.2, 0) is 0 Å². The van der Waals surface area contributed by atoms with E-state index >= 15 is 0 Å². The lowest BCUT2D eigenvalue weighted by atomic mass is 10.1. The van der Waals surface area contributed by atoms with Gasteiger partial charge in [0.15, 0.2) is 11.5 Å². The van der Waals surface area contributed by atoms with E-state index in [1.807, 2.05) is 24.3 Å². The van der Waals surface area contributed by atoms with Gasteiger partial charge in [-0.3, -0.25) is 9.20 Å². The first kappa shape index (κ1) is 20.0. The van der Waals surface area contributed by atoms with Crippen molar-refractivity contribution in [1.29, 1.82) is 0 Å². The number of pyridine rings is 1. The summed E-state index contributed by atoms with van der Waals surface area (Å²) in [6.45, 7) is 0. The summed E-state index contributed by atoms with van der Waals surface area (Å²) >= 11 is 9.37. The number of methoxy groups -OCH3 is 1. The number of rotatable bonds is 5. The van der Waals surface area contributed by atoms with Crippen molar-refractivity contribution in [3.8, 4) is 11.5 Å². The molecular formula is C22H20BrClN2O3. The van der Waals surface area contributed by atoms with Crippen LogP contribution < -0.4 is 15.0 Å². The minimum Gasteiger partial charge on any atom is -0.493 e. The number of hydrogen-bond donors (Lipinski definition) is 0. The number of para-hydroxylation sites is 1. The molecule has 1 aliphatic rings. The van der Waals surface area contributed by atoms with E-state index in [-0.39, 0.29) is 11.7 Å². The lowest BCUT2D eigenvalue weighted by Crippen LogP contribution is -2.17. The van der Waals surface area contributed by atoms with Crippen LogP contribution in [0.15, 0.2) is 45.8 Å². The lowest BCUT2D eigenvalue weighted by molar-refractivity contribution is 0.200. The molecule has 0 radical (unpaired) electrons. The molecular weight excluding hydrogens is 456 g/mol. The summed E-state index contributed by atoms with van der Waals surface area (Å²) in [6.07, 6.45) is 9.94. The highest BCUT2D eigenvalue weighted by molar-refractivity contribution is 9.10. The van der Waals surface area contributed by atoms with Gasteiger partial charge in [-0.1, -0.05) is 23.7 Å². The van der Waals surface area contributed by atoms with Crippen LogP contribution >= 0.6 is 27.5 Å². The zero-order valence-electron chi connectivity index (χ0n) is 15.9. The van der Waals surface area contributed by atoms with Gasteiger partial charge >= 0.3 is 0 Å². The van der Waals surface area contributed by atoms with E-state index in [2.05, 4.69) is 20.9 Å². The van der Waals surface area contributed by atoms with Crippen LogP contribution in [-0.4, -0.2) is 22.6 Å². The molecule has 1 saturated carbocycles. The van der Waals surface area contributed by atoms with Crippen LogP contribution in [0.25, 0.3) is 17.8 Å². The molecule has 1 fully saturated rings.